The van der Waals surface area contributed by atoms with Crippen molar-refractivity contribution in [2.45, 2.75) is 59.3 Å². The molecule has 0 fully saturated rings. The van der Waals surface area contributed by atoms with E-state index in [-0.39, 0.29) is 10.8 Å². The van der Waals surface area contributed by atoms with Gasteiger partial charge in [-0.3, -0.25) is 0 Å². The van der Waals surface area contributed by atoms with Crippen LogP contribution in [0.1, 0.15) is 58.2 Å². The summed E-state index contributed by atoms with van der Waals surface area (Å²) in [6, 6.07) is 19.4. The maximum atomic E-state index is 6.80. The van der Waals surface area contributed by atoms with Crippen LogP contribution >= 0.6 is 23.2 Å². The fraction of sp³-hybridized carbons (Fsp3) is 0.310. The summed E-state index contributed by atoms with van der Waals surface area (Å²) in [5.74, 6) is 0. The molecular formula is C29H32Cl2N2. The molecule has 0 radical (unpaired) electrons. The van der Waals surface area contributed by atoms with Crippen LogP contribution in [0.25, 0.3) is 10.9 Å². The molecule has 2 nitrogen and oxygen atoms in total. The van der Waals surface area contributed by atoms with Gasteiger partial charge in [-0.05, 0) is 70.8 Å². The van der Waals surface area contributed by atoms with Gasteiger partial charge in [-0.15, -0.1) is 0 Å². The molecule has 0 saturated heterocycles. The molecule has 4 heteroatoms. The zero-order chi connectivity index (χ0) is 24.1. The van der Waals surface area contributed by atoms with Crippen LogP contribution in [0, 0.1) is 6.92 Å². The van der Waals surface area contributed by atoms with Crippen LogP contribution < -0.4 is 4.90 Å². The first-order valence-electron chi connectivity index (χ1n) is 11.3. The lowest BCUT2D eigenvalue weighted by Gasteiger charge is -2.28. The van der Waals surface area contributed by atoms with E-state index in [0.717, 1.165) is 33.5 Å². The van der Waals surface area contributed by atoms with Crippen molar-refractivity contribution in [1.82, 2.24) is 4.98 Å². The van der Waals surface area contributed by atoms with E-state index in [1.807, 2.05) is 13.0 Å². The number of aromatic amines is 1. The number of rotatable bonds is 3. The first-order chi connectivity index (χ1) is 15.4. The normalized spacial score (nSPS) is 12.4. The Morgan fingerprint density at radius 2 is 1.33 bits per heavy atom. The summed E-state index contributed by atoms with van der Waals surface area (Å²) < 4.78 is 0. The quantitative estimate of drug-likeness (QED) is 0.310. The highest BCUT2D eigenvalue weighted by atomic mass is 35.5. The van der Waals surface area contributed by atoms with E-state index in [2.05, 4.69) is 106 Å². The fourth-order valence-electron chi connectivity index (χ4n) is 4.14. The maximum absolute atomic E-state index is 6.80. The van der Waals surface area contributed by atoms with Crippen molar-refractivity contribution in [3.05, 3.63) is 87.5 Å². The number of anilines is 3. The Balaban J connectivity index is 1.98. The molecule has 4 rings (SSSR count). The summed E-state index contributed by atoms with van der Waals surface area (Å²) in [7, 11) is 0. The highest BCUT2D eigenvalue weighted by Gasteiger charge is 2.23. The first-order valence-corrected chi connectivity index (χ1v) is 12.1. The molecule has 0 amide bonds. The molecule has 0 saturated carbocycles. The number of hydrogen-bond donors (Lipinski definition) is 1. The second kappa shape index (κ2) is 8.42. The molecule has 0 aliphatic carbocycles. The molecule has 0 aliphatic heterocycles. The average Bonchev–Trinajstić information content (AvgIpc) is 3.14. The lowest BCUT2D eigenvalue weighted by atomic mass is 9.86. The number of halogens is 2. The van der Waals surface area contributed by atoms with Crippen LogP contribution in [0.3, 0.4) is 0 Å². The van der Waals surface area contributed by atoms with E-state index < -0.39 is 0 Å². The molecule has 1 heterocycles. The van der Waals surface area contributed by atoms with E-state index >= 15 is 0 Å². The summed E-state index contributed by atoms with van der Waals surface area (Å²) in [4.78, 5) is 5.66. The molecule has 0 atom stereocenters. The fourth-order valence-corrected chi connectivity index (χ4v) is 4.61. The van der Waals surface area contributed by atoms with Gasteiger partial charge in [-0.2, -0.15) is 0 Å². The highest BCUT2D eigenvalue weighted by Crippen LogP contribution is 2.45. The van der Waals surface area contributed by atoms with Crippen molar-refractivity contribution in [2.24, 2.45) is 0 Å². The number of aryl methyl sites for hydroxylation is 1. The third kappa shape index (κ3) is 4.65. The van der Waals surface area contributed by atoms with Gasteiger partial charge < -0.3 is 9.88 Å². The summed E-state index contributed by atoms with van der Waals surface area (Å²) in [5.41, 5.74) is 7.79. The van der Waals surface area contributed by atoms with Crippen molar-refractivity contribution >= 4 is 51.2 Å². The van der Waals surface area contributed by atoms with Crippen LogP contribution in [-0.4, -0.2) is 4.98 Å². The van der Waals surface area contributed by atoms with Gasteiger partial charge in [0.1, 0.15) is 0 Å². The van der Waals surface area contributed by atoms with Crippen LogP contribution in [0.2, 0.25) is 10.0 Å². The largest absolute Gasteiger partial charge is 0.359 e. The van der Waals surface area contributed by atoms with Crippen LogP contribution in [-0.2, 0) is 10.8 Å². The number of fused-ring (bicyclic) bond motifs is 1. The summed E-state index contributed by atoms with van der Waals surface area (Å²) in [6.07, 6.45) is 2.06. The van der Waals surface area contributed by atoms with Gasteiger partial charge in [0, 0.05) is 22.8 Å². The summed E-state index contributed by atoms with van der Waals surface area (Å²) in [5, 5.41) is 2.25. The molecule has 4 aromatic rings. The Morgan fingerprint density at radius 1 is 0.727 bits per heavy atom. The minimum Gasteiger partial charge on any atom is -0.359 e. The third-order valence-electron chi connectivity index (χ3n) is 6.15. The Bertz CT molecular complexity index is 1300. The molecule has 33 heavy (non-hydrogen) atoms. The van der Waals surface area contributed by atoms with Gasteiger partial charge >= 0.3 is 0 Å². The Labute approximate surface area is 207 Å². The number of H-pyrrole nitrogens is 1. The summed E-state index contributed by atoms with van der Waals surface area (Å²) in [6.45, 7) is 15.4. The molecule has 1 aromatic heterocycles. The molecule has 3 aromatic carbocycles. The minimum atomic E-state index is 0.0478. The lowest BCUT2D eigenvalue weighted by molar-refractivity contribution is 0.590. The number of nitrogens with zero attached hydrogens (tertiary/aromatic N) is 1. The second-order valence-electron chi connectivity index (χ2n) is 10.9. The zero-order valence-electron chi connectivity index (χ0n) is 20.5. The zero-order valence-corrected chi connectivity index (χ0v) is 22.0. The Hall–Kier alpha value is -2.42. The third-order valence-corrected chi connectivity index (χ3v) is 6.94. The van der Waals surface area contributed by atoms with E-state index in [1.165, 1.54) is 11.1 Å². The topological polar surface area (TPSA) is 19.0 Å². The van der Waals surface area contributed by atoms with Crippen molar-refractivity contribution in [2.75, 3.05) is 4.90 Å². The number of aromatic nitrogens is 1. The molecule has 1 N–H and O–H groups in total. The standard InChI is InChI=1S/C29H32Cl2N2/c1-18-14-23(30)27(31)25(15-18)33(21-11-8-19(9-12-21)28(2,3)4)26-17-32-24-13-10-20(16-22(24)26)29(5,6)7/h8-17,32H,1-7H3. The Morgan fingerprint density at radius 3 is 1.94 bits per heavy atom. The van der Waals surface area contributed by atoms with Crippen LogP contribution in [0.15, 0.2) is 60.8 Å². The first kappa shape index (κ1) is 23.7. The average molecular weight is 479 g/mol. The van der Waals surface area contributed by atoms with Crippen molar-refractivity contribution < 1.29 is 0 Å². The number of nitrogens with one attached hydrogen (secondary N) is 1. The van der Waals surface area contributed by atoms with E-state index in [9.17, 15) is 0 Å². The molecule has 0 spiro atoms. The van der Waals surface area contributed by atoms with Crippen LogP contribution in [0.4, 0.5) is 17.1 Å². The van der Waals surface area contributed by atoms with Gasteiger partial charge in [-0.1, -0.05) is 82.9 Å². The monoisotopic (exact) mass is 478 g/mol. The van der Waals surface area contributed by atoms with Gasteiger partial charge in [0.2, 0.25) is 0 Å². The van der Waals surface area contributed by atoms with Gasteiger partial charge in [-0.25, -0.2) is 0 Å². The predicted molar refractivity (Wildman–Crippen MR) is 145 cm³/mol. The van der Waals surface area contributed by atoms with Gasteiger partial charge in [0.25, 0.3) is 0 Å². The smallest absolute Gasteiger partial charge is 0.0833 e. The highest BCUT2D eigenvalue weighted by molar-refractivity contribution is 6.44. The lowest BCUT2D eigenvalue weighted by Crippen LogP contribution is -2.14. The summed E-state index contributed by atoms with van der Waals surface area (Å²) >= 11 is 13.3. The number of benzene rings is 3. The van der Waals surface area contributed by atoms with Gasteiger partial charge in [0.05, 0.1) is 21.4 Å². The van der Waals surface area contributed by atoms with E-state index in [1.54, 1.807) is 0 Å². The van der Waals surface area contributed by atoms with E-state index in [0.29, 0.717) is 10.0 Å². The van der Waals surface area contributed by atoms with E-state index in [4.69, 9.17) is 23.2 Å². The second-order valence-corrected chi connectivity index (χ2v) is 11.7. The molecule has 0 unspecified atom stereocenters. The SMILES string of the molecule is Cc1cc(Cl)c(Cl)c(N(c2ccc(C(C)(C)C)cc2)c2c[nH]c3ccc(C(C)(C)C)cc23)c1. The Kier molecular flexibility index (Phi) is 6.05. The molecule has 0 aliphatic rings. The van der Waals surface area contributed by atoms with Gasteiger partial charge in [0.15, 0.2) is 0 Å². The molecular weight excluding hydrogens is 447 g/mol. The minimum absolute atomic E-state index is 0.0478. The maximum Gasteiger partial charge on any atom is 0.0833 e. The molecule has 172 valence electrons. The predicted octanol–water partition coefficient (Wildman–Crippen LogP) is 9.85. The van der Waals surface area contributed by atoms with Crippen molar-refractivity contribution in [3.8, 4) is 0 Å². The molecule has 0 bridgehead atoms. The van der Waals surface area contributed by atoms with Crippen LogP contribution in [0.5, 0.6) is 0 Å². The number of hydrogen-bond acceptors (Lipinski definition) is 1. The van der Waals surface area contributed by atoms with Crippen molar-refractivity contribution in [3.63, 3.8) is 0 Å². The van der Waals surface area contributed by atoms with Crippen molar-refractivity contribution in [1.29, 1.82) is 0 Å².